The van der Waals surface area contributed by atoms with Crippen LogP contribution in [0, 0.1) is 50.4 Å². The van der Waals surface area contributed by atoms with Crippen molar-refractivity contribution in [1.82, 2.24) is 0 Å². The lowest BCUT2D eigenvalue weighted by atomic mass is 10.0. The molecule has 3 aliphatic rings. The molecule has 130 valence electrons. The van der Waals surface area contributed by atoms with E-state index in [1.807, 2.05) is 0 Å². The molecule has 0 aliphatic heterocycles. The molecule has 0 saturated heterocycles. The number of aryl methyl sites for hydroxylation is 3. The Morgan fingerprint density at radius 3 is 2.00 bits per heavy atom. The molecule has 1 N–H and O–H groups in total. The van der Waals surface area contributed by atoms with Gasteiger partial charge in [0.2, 0.25) is 5.91 Å². The van der Waals surface area contributed by atoms with Crippen molar-refractivity contribution in [3.05, 3.63) is 28.8 Å². The number of alkyl halides is 2. The summed E-state index contributed by atoms with van der Waals surface area (Å²) < 4.78 is -0.481. The SMILES string of the molecule is Cc1cc(C)c(NC(=O)C2[C@@H]3CC[C@@H]4[C@@H](CC[C@@H]23)C4(Cl)Cl)c(C)c1. The number of hydrogen-bond acceptors (Lipinski definition) is 1. The standard InChI is InChI=1S/C20H25Cl2NO/c1-10-8-11(2)18(12(3)9-10)23-19(24)17-13-4-6-15-16(20(15,21)22)7-5-14(13)17/h8-9,13-17H,4-7H2,1-3H3,(H,23,24)/t13-,14-,15-,16-/m1/s1. The Kier molecular flexibility index (Phi) is 3.93. The van der Waals surface area contributed by atoms with Crippen LogP contribution in [0.25, 0.3) is 0 Å². The Bertz CT molecular complexity index is 654. The number of fused-ring (bicyclic) bond motifs is 2. The minimum Gasteiger partial charge on any atom is -0.325 e. The number of carbonyl (C=O) groups excluding carboxylic acids is 1. The summed E-state index contributed by atoms with van der Waals surface area (Å²) in [5.41, 5.74) is 4.53. The number of halogens is 2. The summed E-state index contributed by atoms with van der Waals surface area (Å²) in [6.07, 6.45) is 4.34. The van der Waals surface area contributed by atoms with Crippen LogP contribution in [0.1, 0.15) is 42.4 Å². The molecular weight excluding hydrogens is 341 g/mol. The zero-order chi connectivity index (χ0) is 17.2. The summed E-state index contributed by atoms with van der Waals surface area (Å²) in [6.45, 7) is 6.23. The van der Waals surface area contributed by atoms with Crippen LogP contribution in [0.3, 0.4) is 0 Å². The molecule has 0 unspecified atom stereocenters. The van der Waals surface area contributed by atoms with Crippen molar-refractivity contribution in [1.29, 1.82) is 0 Å². The molecule has 1 aromatic rings. The molecule has 24 heavy (non-hydrogen) atoms. The molecule has 2 nitrogen and oxygen atoms in total. The van der Waals surface area contributed by atoms with E-state index in [0.29, 0.717) is 23.7 Å². The highest BCUT2D eigenvalue weighted by Gasteiger charge is 2.65. The average molecular weight is 366 g/mol. The summed E-state index contributed by atoms with van der Waals surface area (Å²) in [4.78, 5) is 12.8. The van der Waals surface area contributed by atoms with Gasteiger partial charge in [-0.1, -0.05) is 17.7 Å². The molecule has 0 bridgehead atoms. The van der Waals surface area contributed by atoms with E-state index in [1.54, 1.807) is 0 Å². The molecule has 1 aromatic carbocycles. The first-order valence-corrected chi connectivity index (χ1v) is 9.83. The van der Waals surface area contributed by atoms with Gasteiger partial charge in [0, 0.05) is 11.6 Å². The fourth-order valence-corrected chi connectivity index (χ4v) is 6.12. The van der Waals surface area contributed by atoms with E-state index in [4.69, 9.17) is 23.2 Å². The average Bonchev–Trinajstić information content (AvgIpc) is 3.27. The number of hydrogen-bond donors (Lipinski definition) is 1. The molecule has 3 aliphatic carbocycles. The Morgan fingerprint density at radius 2 is 1.50 bits per heavy atom. The monoisotopic (exact) mass is 365 g/mol. The van der Waals surface area contributed by atoms with E-state index in [1.165, 1.54) is 5.56 Å². The number of carbonyl (C=O) groups is 1. The Morgan fingerprint density at radius 1 is 1.00 bits per heavy atom. The van der Waals surface area contributed by atoms with Gasteiger partial charge in [0.05, 0.1) is 0 Å². The molecule has 0 aromatic heterocycles. The number of anilines is 1. The summed E-state index contributed by atoms with van der Waals surface area (Å²) in [5, 5.41) is 3.21. The summed E-state index contributed by atoms with van der Waals surface area (Å²) in [7, 11) is 0. The third-order valence-corrected chi connectivity index (χ3v) is 7.67. The maximum atomic E-state index is 12.8. The van der Waals surface area contributed by atoms with Crippen LogP contribution in [-0.4, -0.2) is 10.2 Å². The van der Waals surface area contributed by atoms with Gasteiger partial charge in [-0.15, -0.1) is 23.2 Å². The van der Waals surface area contributed by atoms with Gasteiger partial charge in [-0.05, 0) is 81.3 Å². The molecule has 3 saturated carbocycles. The van der Waals surface area contributed by atoms with Gasteiger partial charge in [0.1, 0.15) is 4.33 Å². The van der Waals surface area contributed by atoms with Crippen molar-refractivity contribution in [2.45, 2.75) is 50.8 Å². The lowest BCUT2D eigenvalue weighted by Gasteiger charge is -2.13. The van der Waals surface area contributed by atoms with Crippen LogP contribution in [0.5, 0.6) is 0 Å². The van der Waals surface area contributed by atoms with Crippen LogP contribution in [0.4, 0.5) is 5.69 Å². The first-order chi connectivity index (χ1) is 11.3. The lowest BCUT2D eigenvalue weighted by Crippen LogP contribution is -2.17. The number of rotatable bonds is 2. The number of nitrogens with one attached hydrogen (secondary N) is 1. The first kappa shape index (κ1) is 16.7. The molecule has 0 radical (unpaired) electrons. The second-order valence-corrected chi connectivity index (χ2v) is 9.60. The van der Waals surface area contributed by atoms with Gasteiger partial charge >= 0.3 is 0 Å². The molecule has 4 heteroatoms. The zero-order valence-corrected chi connectivity index (χ0v) is 16.0. The summed E-state index contributed by atoms with van der Waals surface area (Å²) in [6, 6.07) is 4.26. The second kappa shape index (κ2) is 5.64. The molecule has 3 fully saturated rings. The smallest absolute Gasteiger partial charge is 0.228 e. The third-order valence-electron chi connectivity index (χ3n) is 6.55. The summed E-state index contributed by atoms with van der Waals surface area (Å²) in [5.74, 6) is 2.35. The van der Waals surface area contributed by atoms with Crippen molar-refractivity contribution in [3.63, 3.8) is 0 Å². The van der Waals surface area contributed by atoms with E-state index in [9.17, 15) is 4.79 Å². The first-order valence-electron chi connectivity index (χ1n) is 9.07. The van der Waals surface area contributed by atoms with E-state index >= 15 is 0 Å². The lowest BCUT2D eigenvalue weighted by molar-refractivity contribution is -0.117. The second-order valence-electron chi connectivity index (χ2n) is 8.16. The number of benzene rings is 1. The molecule has 1 amide bonds. The van der Waals surface area contributed by atoms with Gasteiger partial charge in [0.15, 0.2) is 0 Å². The Labute approximate surface area is 154 Å². The fraction of sp³-hybridized carbons (Fsp3) is 0.650. The van der Waals surface area contributed by atoms with Gasteiger partial charge < -0.3 is 5.32 Å². The Hall–Kier alpha value is -0.730. The minimum absolute atomic E-state index is 0.183. The van der Waals surface area contributed by atoms with E-state index in [2.05, 4.69) is 38.2 Å². The van der Waals surface area contributed by atoms with Crippen molar-refractivity contribution in [2.75, 3.05) is 5.32 Å². The van der Waals surface area contributed by atoms with E-state index < -0.39 is 4.33 Å². The maximum Gasteiger partial charge on any atom is 0.228 e. The van der Waals surface area contributed by atoms with Gasteiger partial charge in [-0.25, -0.2) is 0 Å². The van der Waals surface area contributed by atoms with Crippen LogP contribution >= 0.6 is 23.2 Å². The van der Waals surface area contributed by atoms with Gasteiger partial charge in [-0.2, -0.15) is 0 Å². The molecule has 0 heterocycles. The van der Waals surface area contributed by atoms with Crippen LogP contribution in [0.15, 0.2) is 12.1 Å². The molecular formula is C20H25Cl2NO. The van der Waals surface area contributed by atoms with Crippen LogP contribution in [-0.2, 0) is 4.79 Å². The van der Waals surface area contributed by atoms with E-state index in [-0.39, 0.29) is 11.8 Å². The quantitative estimate of drug-likeness (QED) is 0.697. The molecule has 0 spiro atoms. The highest BCUT2D eigenvalue weighted by atomic mass is 35.5. The van der Waals surface area contributed by atoms with Crippen LogP contribution < -0.4 is 5.32 Å². The normalized spacial score (nSPS) is 36.0. The molecule has 4 atom stereocenters. The van der Waals surface area contributed by atoms with Gasteiger partial charge in [0.25, 0.3) is 0 Å². The van der Waals surface area contributed by atoms with Crippen molar-refractivity contribution < 1.29 is 4.79 Å². The van der Waals surface area contributed by atoms with Crippen molar-refractivity contribution in [3.8, 4) is 0 Å². The number of amides is 1. The summed E-state index contributed by atoms with van der Waals surface area (Å²) >= 11 is 12.7. The van der Waals surface area contributed by atoms with Crippen molar-refractivity contribution >= 4 is 34.8 Å². The highest BCUT2D eigenvalue weighted by Crippen LogP contribution is 2.67. The topological polar surface area (TPSA) is 29.1 Å². The predicted octanol–water partition coefficient (Wildman–Crippen LogP) is 5.41. The Balaban J connectivity index is 1.43. The highest BCUT2D eigenvalue weighted by molar-refractivity contribution is 6.51. The van der Waals surface area contributed by atoms with Gasteiger partial charge in [-0.3, -0.25) is 4.79 Å². The van der Waals surface area contributed by atoms with Crippen molar-refractivity contribution in [2.24, 2.45) is 29.6 Å². The maximum absolute atomic E-state index is 12.8. The predicted molar refractivity (Wildman–Crippen MR) is 99.6 cm³/mol. The molecule has 4 rings (SSSR count). The van der Waals surface area contributed by atoms with E-state index in [0.717, 1.165) is 42.5 Å². The zero-order valence-electron chi connectivity index (χ0n) is 14.5. The third kappa shape index (κ3) is 2.66. The minimum atomic E-state index is -0.481. The van der Waals surface area contributed by atoms with Crippen LogP contribution in [0.2, 0.25) is 0 Å². The largest absolute Gasteiger partial charge is 0.325 e. The fourth-order valence-electron chi connectivity index (χ4n) is 5.20.